The molecular weight excluding hydrogens is 222 g/mol. The molecule has 1 aromatic rings. The fraction of sp³-hybridized carbons (Fsp3) is 0.364. The molecule has 0 radical (unpaired) electrons. The molecule has 6 nitrogen and oxygen atoms in total. The molecule has 0 aromatic heterocycles. The van der Waals surface area contributed by atoms with Crippen LogP contribution in [0.15, 0.2) is 28.5 Å². The first-order chi connectivity index (χ1) is 8.27. The van der Waals surface area contributed by atoms with Gasteiger partial charge in [0.2, 0.25) is 0 Å². The normalized spacial score (nSPS) is 10.4. The van der Waals surface area contributed by atoms with E-state index >= 15 is 0 Å². The molecule has 0 aliphatic carbocycles. The van der Waals surface area contributed by atoms with Crippen molar-refractivity contribution in [1.29, 1.82) is 0 Å². The number of nitrogens with zero attached hydrogens (tertiary/aromatic N) is 2. The lowest BCUT2D eigenvalue weighted by atomic mass is 10.2. The van der Waals surface area contributed by atoms with Gasteiger partial charge in [-0.15, -0.1) is 0 Å². The molecule has 1 rings (SSSR count). The van der Waals surface area contributed by atoms with Crippen LogP contribution < -0.4 is 10.2 Å². The fourth-order valence-corrected chi connectivity index (χ4v) is 1.18. The van der Waals surface area contributed by atoms with Gasteiger partial charge in [-0.25, -0.2) is 0 Å². The van der Waals surface area contributed by atoms with E-state index in [-0.39, 0.29) is 12.3 Å². The molecule has 6 heteroatoms. The number of aromatic hydroxyl groups is 1. The Balaban J connectivity index is 2.45. The van der Waals surface area contributed by atoms with Gasteiger partial charge in [-0.3, -0.25) is 0 Å². The third-order valence-electron chi connectivity index (χ3n) is 2.05. The van der Waals surface area contributed by atoms with E-state index in [1.807, 2.05) is 0 Å². The molecule has 0 fully saturated rings. The van der Waals surface area contributed by atoms with Crippen molar-refractivity contribution in [2.24, 2.45) is 10.3 Å². The number of benzene rings is 1. The monoisotopic (exact) mass is 237 g/mol. The predicted molar refractivity (Wildman–Crippen MR) is 65.5 cm³/mol. The van der Waals surface area contributed by atoms with E-state index in [1.165, 1.54) is 13.2 Å². The Kier molecular flexibility index (Phi) is 5.50. The number of hydrogen-bond donors (Lipinski definition) is 2. The van der Waals surface area contributed by atoms with Crippen LogP contribution in [0.2, 0.25) is 0 Å². The van der Waals surface area contributed by atoms with Crippen LogP contribution in [0.3, 0.4) is 0 Å². The molecule has 0 aliphatic rings. The van der Waals surface area contributed by atoms with Gasteiger partial charge in [-0.1, -0.05) is 5.18 Å². The molecule has 0 bridgehead atoms. The predicted octanol–water partition coefficient (Wildman–Crippen LogP) is 1.48. The molecule has 0 atom stereocenters. The second-order valence-electron chi connectivity index (χ2n) is 3.30. The number of nitrogens with one attached hydrogen (secondary N) is 1. The number of phenols is 1. The van der Waals surface area contributed by atoms with E-state index in [9.17, 15) is 10.0 Å². The maximum Gasteiger partial charge on any atom is 0.161 e. The van der Waals surface area contributed by atoms with Crippen molar-refractivity contribution < 1.29 is 9.84 Å². The summed E-state index contributed by atoms with van der Waals surface area (Å²) in [6.45, 7) is 0.882. The first-order valence-corrected chi connectivity index (χ1v) is 5.20. The summed E-state index contributed by atoms with van der Waals surface area (Å²) in [5.41, 5.74) is 3.59. The second kappa shape index (κ2) is 7.21. The van der Waals surface area contributed by atoms with Crippen molar-refractivity contribution in [1.82, 2.24) is 5.43 Å². The number of hydrogen-bond acceptors (Lipinski definition) is 6. The average molecular weight is 237 g/mol. The number of ether oxygens (including phenoxy) is 1. The van der Waals surface area contributed by atoms with Gasteiger partial charge < -0.3 is 15.3 Å². The summed E-state index contributed by atoms with van der Waals surface area (Å²) in [6, 6.07) is 4.93. The molecule has 0 aliphatic heterocycles. The molecule has 2 N–H and O–H groups in total. The van der Waals surface area contributed by atoms with Gasteiger partial charge in [-0.05, 0) is 30.2 Å². The molecule has 92 valence electrons. The van der Waals surface area contributed by atoms with Crippen molar-refractivity contribution >= 4 is 6.21 Å². The molecule has 0 amide bonds. The van der Waals surface area contributed by atoms with E-state index in [4.69, 9.17) is 4.74 Å². The summed E-state index contributed by atoms with van der Waals surface area (Å²) in [5.74, 6) is 0.494. The summed E-state index contributed by atoms with van der Waals surface area (Å²) in [4.78, 5) is 9.81. The maximum atomic E-state index is 9.81. The lowest BCUT2D eigenvalue weighted by molar-refractivity contribution is 0.373. The summed E-state index contributed by atoms with van der Waals surface area (Å²) in [7, 11) is 1.49. The highest BCUT2D eigenvalue weighted by Gasteiger charge is 2.00. The van der Waals surface area contributed by atoms with E-state index in [0.717, 1.165) is 5.56 Å². The van der Waals surface area contributed by atoms with Crippen LogP contribution in [-0.2, 0) is 0 Å². The van der Waals surface area contributed by atoms with E-state index in [0.29, 0.717) is 18.7 Å². The molecule has 0 unspecified atom stereocenters. The molecule has 0 saturated heterocycles. The molecule has 0 spiro atoms. The molecular formula is C11H15N3O3. The largest absolute Gasteiger partial charge is 0.504 e. The summed E-state index contributed by atoms with van der Waals surface area (Å²) in [5, 5.41) is 16.1. The van der Waals surface area contributed by atoms with Gasteiger partial charge in [0.05, 0.1) is 19.9 Å². The topological polar surface area (TPSA) is 83.3 Å². The zero-order valence-corrected chi connectivity index (χ0v) is 9.59. The van der Waals surface area contributed by atoms with Gasteiger partial charge in [0.25, 0.3) is 0 Å². The summed E-state index contributed by atoms with van der Waals surface area (Å²) >= 11 is 0. The number of nitroso groups, excluding NO2 is 1. The van der Waals surface area contributed by atoms with Crippen molar-refractivity contribution in [3.8, 4) is 11.5 Å². The standard InChI is InChI=1S/C11H15N3O3/c1-17-11-7-9(3-4-10(11)15)8-13-12-5-2-6-14-16/h3-4,7-8,12,15H,2,5-6H2,1H3/b13-8+. The highest BCUT2D eigenvalue weighted by molar-refractivity contribution is 5.80. The van der Waals surface area contributed by atoms with Crippen LogP contribution in [0.5, 0.6) is 11.5 Å². The molecule has 1 aromatic carbocycles. The van der Waals surface area contributed by atoms with Gasteiger partial charge in [0, 0.05) is 6.54 Å². The van der Waals surface area contributed by atoms with E-state index < -0.39 is 0 Å². The Morgan fingerprint density at radius 3 is 3.06 bits per heavy atom. The maximum absolute atomic E-state index is 9.81. The smallest absolute Gasteiger partial charge is 0.161 e. The zero-order valence-electron chi connectivity index (χ0n) is 9.59. The minimum absolute atomic E-state index is 0.0923. The zero-order chi connectivity index (χ0) is 12.5. The van der Waals surface area contributed by atoms with Crippen molar-refractivity contribution in [3.63, 3.8) is 0 Å². The number of hydrazone groups is 1. The van der Waals surface area contributed by atoms with Crippen molar-refractivity contribution in [2.45, 2.75) is 6.42 Å². The van der Waals surface area contributed by atoms with Gasteiger partial charge in [0.15, 0.2) is 11.5 Å². The number of rotatable bonds is 7. The van der Waals surface area contributed by atoms with Gasteiger partial charge >= 0.3 is 0 Å². The summed E-state index contributed by atoms with van der Waals surface area (Å²) < 4.78 is 4.97. The van der Waals surface area contributed by atoms with Crippen molar-refractivity contribution in [2.75, 3.05) is 20.2 Å². The van der Waals surface area contributed by atoms with E-state index in [2.05, 4.69) is 15.7 Å². The lowest BCUT2D eigenvalue weighted by Gasteiger charge is -2.03. The Hall–Kier alpha value is -2.11. The number of methoxy groups -OCH3 is 1. The van der Waals surface area contributed by atoms with Crippen LogP contribution in [0.4, 0.5) is 0 Å². The molecule has 0 saturated carbocycles. The second-order valence-corrected chi connectivity index (χ2v) is 3.30. The molecule has 17 heavy (non-hydrogen) atoms. The summed E-state index contributed by atoms with van der Waals surface area (Å²) in [6.07, 6.45) is 2.26. The van der Waals surface area contributed by atoms with Crippen LogP contribution in [0, 0.1) is 4.91 Å². The van der Waals surface area contributed by atoms with Crippen LogP contribution in [-0.4, -0.2) is 31.5 Å². The van der Waals surface area contributed by atoms with Crippen LogP contribution in [0.25, 0.3) is 0 Å². The van der Waals surface area contributed by atoms with Gasteiger partial charge in [-0.2, -0.15) is 10.0 Å². The lowest BCUT2D eigenvalue weighted by Crippen LogP contribution is -2.08. The third kappa shape index (κ3) is 4.50. The van der Waals surface area contributed by atoms with Crippen molar-refractivity contribution in [3.05, 3.63) is 28.7 Å². The van der Waals surface area contributed by atoms with Gasteiger partial charge in [0.1, 0.15) is 0 Å². The number of phenolic OH excluding ortho intramolecular Hbond substituents is 1. The van der Waals surface area contributed by atoms with Crippen LogP contribution in [0.1, 0.15) is 12.0 Å². The fourth-order valence-electron chi connectivity index (χ4n) is 1.18. The minimum Gasteiger partial charge on any atom is -0.504 e. The Labute approximate surface area is 99.3 Å². The molecule has 0 heterocycles. The Morgan fingerprint density at radius 1 is 1.53 bits per heavy atom. The Morgan fingerprint density at radius 2 is 2.35 bits per heavy atom. The SMILES string of the molecule is COc1cc(/C=N/NCCCN=O)ccc1O. The van der Waals surface area contributed by atoms with E-state index in [1.54, 1.807) is 18.3 Å². The first-order valence-electron chi connectivity index (χ1n) is 5.20. The highest BCUT2D eigenvalue weighted by atomic mass is 16.5. The minimum atomic E-state index is 0.0923. The quantitative estimate of drug-likeness (QED) is 0.325. The van der Waals surface area contributed by atoms with Crippen LogP contribution >= 0.6 is 0 Å². The highest BCUT2D eigenvalue weighted by Crippen LogP contribution is 2.25. The third-order valence-corrected chi connectivity index (χ3v) is 2.05. The Bertz CT molecular complexity index is 394. The average Bonchev–Trinajstić information content (AvgIpc) is 2.35. The first kappa shape index (κ1) is 13.0.